The van der Waals surface area contributed by atoms with Gasteiger partial charge in [0.15, 0.2) is 11.6 Å². The Hall–Kier alpha value is -2.03. The van der Waals surface area contributed by atoms with Crippen LogP contribution >= 0.6 is 0 Å². The molecule has 0 saturated heterocycles. The highest BCUT2D eigenvalue weighted by Gasteiger charge is 2.56. The number of allylic oxidation sites excluding steroid dienone is 2. The maximum absolute atomic E-state index is 13.0. The van der Waals surface area contributed by atoms with Crippen molar-refractivity contribution < 1.29 is 14.4 Å². The first kappa shape index (κ1) is 17.3. The van der Waals surface area contributed by atoms with Gasteiger partial charge in [0, 0.05) is 18.3 Å². The fourth-order valence-electron chi connectivity index (χ4n) is 3.50. The van der Waals surface area contributed by atoms with Crippen molar-refractivity contribution in [3.63, 3.8) is 0 Å². The normalized spacial score (nSPS) is 23.6. The Kier molecular flexibility index (Phi) is 4.69. The summed E-state index contributed by atoms with van der Waals surface area (Å²) in [7, 11) is 0. The molecule has 1 unspecified atom stereocenters. The smallest absolute Gasteiger partial charge is 0.165 e. The van der Waals surface area contributed by atoms with E-state index in [1.54, 1.807) is 27.7 Å². The standard InChI is InChI=1S/C20H24O3/c1-5-16(21)13-20(12-15-9-7-6-8-10-15)17(22)11-14(2)18(23)19(20,3)4/h6-11H,5,12-13H2,1-4H3. The number of hydrogen-bond acceptors (Lipinski definition) is 3. The van der Waals surface area contributed by atoms with Crippen LogP contribution in [-0.2, 0) is 20.8 Å². The second-order valence-electron chi connectivity index (χ2n) is 6.96. The van der Waals surface area contributed by atoms with Crippen molar-refractivity contribution in [2.45, 2.75) is 47.0 Å². The van der Waals surface area contributed by atoms with E-state index in [9.17, 15) is 14.4 Å². The van der Waals surface area contributed by atoms with Crippen molar-refractivity contribution >= 4 is 17.3 Å². The first-order valence-electron chi connectivity index (χ1n) is 8.08. The number of rotatable bonds is 5. The van der Waals surface area contributed by atoms with Gasteiger partial charge in [0.25, 0.3) is 0 Å². The molecule has 0 fully saturated rings. The maximum atomic E-state index is 13.0. The molecule has 3 nitrogen and oxygen atoms in total. The molecule has 122 valence electrons. The van der Waals surface area contributed by atoms with Gasteiger partial charge >= 0.3 is 0 Å². The van der Waals surface area contributed by atoms with Gasteiger partial charge < -0.3 is 0 Å². The lowest BCUT2D eigenvalue weighted by Crippen LogP contribution is -2.54. The van der Waals surface area contributed by atoms with Crippen LogP contribution in [0.2, 0.25) is 0 Å². The van der Waals surface area contributed by atoms with Crippen LogP contribution in [0.15, 0.2) is 42.0 Å². The molecule has 0 saturated carbocycles. The summed E-state index contributed by atoms with van der Waals surface area (Å²) in [6.07, 6.45) is 2.32. The van der Waals surface area contributed by atoms with Gasteiger partial charge in [0.05, 0.1) is 5.41 Å². The zero-order chi connectivity index (χ0) is 17.3. The molecule has 23 heavy (non-hydrogen) atoms. The summed E-state index contributed by atoms with van der Waals surface area (Å²) in [5.41, 5.74) is -0.451. The molecule has 1 aliphatic carbocycles. The van der Waals surface area contributed by atoms with E-state index in [-0.39, 0.29) is 23.8 Å². The van der Waals surface area contributed by atoms with Crippen LogP contribution in [0.4, 0.5) is 0 Å². The molecule has 1 atom stereocenters. The minimum absolute atomic E-state index is 0.0168. The molecular formula is C20H24O3. The summed E-state index contributed by atoms with van der Waals surface area (Å²) < 4.78 is 0. The van der Waals surface area contributed by atoms with Gasteiger partial charge in [-0.2, -0.15) is 0 Å². The summed E-state index contributed by atoms with van der Waals surface area (Å²) in [6.45, 7) is 7.07. The zero-order valence-corrected chi connectivity index (χ0v) is 14.3. The molecule has 0 aromatic heterocycles. The average molecular weight is 312 g/mol. The molecule has 1 aromatic carbocycles. The first-order chi connectivity index (χ1) is 10.7. The third-order valence-corrected chi connectivity index (χ3v) is 5.18. The van der Waals surface area contributed by atoms with Gasteiger partial charge in [-0.15, -0.1) is 0 Å². The van der Waals surface area contributed by atoms with Crippen LogP contribution in [0, 0.1) is 10.8 Å². The van der Waals surface area contributed by atoms with E-state index < -0.39 is 10.8 Å². The van der Waals surface area contributed by atoms with Gasteiger partial charge in [-0.3, -0.25) is 14.4 Å². The molecule has 0 heterocycles. The maximum Gasteiger partial charge on any atom is 0.165 e. The number of ketones is 3. The Morgan fingerprint density at radius 2 is 1.70 bits per heavy atom. The molecule has 0 bridgehead atoms. The topological polar surface area (TPSA) is 51.2 Å². The molecule has 0 N–H and O–H groups in total. The van der Waals surface area contributed by atoms with E-state index >= 15 is 0 Å². The van der Waals surface area contributed by atoms with Crippen LogP contribution < -0.4 is 0 Å². The molecule has 0 spiro atoms. The lowest BCUT2D eigenvalue weighted by molar-refractivity contribution is -0.147. The van der Waals surface area contributed by atoms with Crippen molar-refractivity contribution in [1.82, 2.24) is 0 Å². The quantitative estimate of drug-likeness (QED) is 0.833. The summed E-state index contributed by atoms with van der Waals surface area (Å²) >= 11 is 0. The Morgan fingerprint density at radius 3 is 2.26 bits per heavy atom. The van der Waals surface area contributed by atoms with Gasteiger partial charge in [-0.1, -0.05) is 51.1 Å². The van der Waals surface area contributed by atoms with Crippen molar-refractivity contribution in [2.24, 2.45) is 10.8 Å². The Labute approximate surface area is 137 Å². The number of benzene rings is 1. The summed E-state index contributed by atoms with van der Waals surface area (Å²) in [5, 5.41) is 0. The highest BCUT2D eigenvalue weighted by atomic mass is 16.1. The third kappa shape index (κ3) is 2.92. The number of hydrogen-bond donors (Lipinski definition) is 0. The monoisotopic (exact) mass is 312 g/mol. The second-order valence-corrected chi connectivity index (χ2v) is 6.96. The van der Waals surface area contributed by atoms with Crippen LogP contribution in [0.5, 0.6) is 0 Å². The minimum atomic E-state index is -1.00. The summed E-state index contributed by atoms with van der Waals surface area (Å²) in [4.78, 5) is 37.9. The summed E-state index contributed by atoms with van der Waals surface area (Å²) in [5.74, 6) is -0.134. The molecule has 0 aliphatic heterocycles. The number of carbonyl (C=O) groups is 3. The third-order valence-electron chi connectivity index (χ3n) is 5.18. The second kappa shape index (κ2) is 6.23. The first-order valence-corrected chi connectivity index (χ1v) is 8.08. The molecule has 3 heteroatoms. The fraction of sp³-hybridized carbons (Fsp3) is 0.450. The van der Waals surface area contributed by atoms with Gasteiger partial charge in [0.2, 0.25) is 0 Å². The largest absolute Gasteiger partial charge is 0.300 e. The molecule has 0 radical (unpaired) electrons. The lowest BCUT2D eigenvalue weighted by atomic mass is 9.53. The molecule has 1 aromatic rings. The van der Waals surface area contributed by atoms with E-state index in [4.69, 9.17) is 0 Å². The molecular weight excluding hydrogens is 288 g/mol. The van der Waals surface area contributed by atoms with Gasteiger partial charge in [-0.25, -0.2) is 0 Å². The van der Waals surface area contributed by atoms with Crippen LogP contribution in [0.25, 0.3) is 0 Å². The Bertz CT molecular complexity index is 667. The molecule has 1 aliphatic rings. The summed E-state index contributed by atoms with van der Waals surface area (Å²) in [6, 6.07) is 9.62. The van der Waals surface area contributed by atoms with Crippen molar-refractivity contribution in [1.29, 1.82) is 0 Å². The molecule has 0 amide bonds. The predicted octanol–water partition coefficient (Wildman–Crippen LogP) is 3.71. The van der Waals surface area contributed by atoms with Crippen LogP contribution in [0.1, 0.15) is 46.1 Å². The van der Waals surface area contributed by atoms with Crippen LogP contribution in [-0.4, -0.2) is 17.3 Å². The van der Waals surface area contributed by atoms with E-state index in [1.807, 2.05) is 30.3 Å². The number of carbonyl (C=O) groups excluding carboxylic acids is 3. The van der Waals surface area contributed by atoms with E-state index in [0.29, 0.717) is 18.4 Å². The minimum Gasteiger partial charge on any atom is -0.300 e. The van der Waals surface area contributed by atoms with E-state index in [2.05, 4.69) is 0 Å². The lowest BCUT2D eigenvalue weighted by Gasteiger charge is -2.46. The van der Waals surface area contributed by atoms with E-state index in [1.165, 1.54) is 6.08 Å². The SMILES string of the molecule is CCC(=O)CC1(Cc2ccccc2)C(=O)C=C(C)C(=O)C1(C)C. The predicted molar refractivity (Wildman–Crippen MR) is 90.0 cm³/mol. The Balaban J connectivity index is 2.59. The fourth-order valence-corrected chi connectivity index (χ4v) is 3.50. The Morgan fingerprint density at radius 1 is 1.09 bits per heavy atom. The highest BCUT2D eigenvalue weighted by molar-refractivity contribution is 6.15. The average Bonchev–Trinajstić information content (AvgIpc) is 2.52. The van der Waals surface area contributed by atoms with E-state index in [0.717, 1.165) is 5.56 Å². The highest BCUT2D eigenvalue weighted by Crippen LogP contribution is 2.50. The van der Waals surface area contributed by atoms with Crippen molar-refractivity contribution in [3.8, 4) is 0 Å². The van der Waals surface area contributed by atoms with Crippen molar-refractivity contribution in [3.05, 3.63) is 47.5 Å². The van der Waals surface area contributed by atoms with Crippen molar-refractivity contribution in [2.75, 3.05) is 0 Å². The number of Topliss-reactive ketones (excluding diaryl/α,β-unsaturated/α-hetero) is 2. The van der Waals surface area contributed by atoms with Gasteiger partial charge in [0.1, 0.15) is 5.78 Å². The van der Waals surface area contributed by atoms with Crippen LogP contribution in [0.3, 0.4) is 0 Å². The molecule has 2 rings (SSSR count). The van der Waals surface area contributed by atoms with Gasteiger partial charge in [-0.05, 0) is 30.6 Å². The zero-order valence-electron chi connectivity index (χ0n) is 14.3.